The van der Waals surface area contributed by atoms with Gasteiger partial charge in [0.2, 0.25) is 0 Å². The first-order valence-electron chi connectivity index (χ1n) is 4.72. The summed E-state index contributed by atoms with van der Waals surface area (Å²) in [6, 6.07) is 9.13. The van der Waals surface area contributed by atoms with E-state index in [1.807, 2.05) is 18.2 Å². The molecule has 0 heterocycles. The lowest BCUT2D eigenvalue weighted by Crippen LogP contribution is -2.28. The number of rotatable bonds is 4. The van der Waals surface area contributed by atoms with Crippen LogP contribution in [0.3, 0.4) is 0 Å². The van der Waals surface area contributed by atoms with E-state index in [2.05, 4.69) is 20.8 Å². The van der Waals surface area contributed by atoms with Crippen LogP contribution in [-0.4, -0.2) is 11.3 Å². The topological polar surface area (TPSA) is 62.7 Å². The predicted octanol–water partition coefficient (Wildman–Crippen LogP) is 2.70. The van der Waals surface area contributed by atoms with Gasteiger partial charge < -0.3 is 0 Å². The van der Waals surface area contributed by atoms with Crippen molar-refractivity contribution in [2.45, 2.75) is 13.3 Å². The Morgan fingerprint density at radius 1 is 1.44 bits per heavy atom. The van der Waals surface area contributed by atoms with E-state index in [-0.39, 0.29) is 5.17 Å². The van der Waals surface area contributed by atoms with E-state index < -0.39 is 6.09 Å². The minimum Gasteiger partial charge on any atom is -0.296 e. The molecule has 16 heavy (non-hydrogen) atoms. The van der Waals surface area contributed by atoms with Crippen molar-refractivity contribution >= 4 is 28.6 Å². The van der Waals surface area contributed by atoms with Crippen LogP contribution in [0.1, 0.15) is 13.3 Å². The van der Waals surface area contributed by atoms with E-state index in [0.29, 0.717) is 6.42 Å². The first kappa shape index (κ1) is 12.3. The Morgan fingerprint density at radius 3 is 2.75 bits per heavy atom. The van der Waals surface area contributed by atoms with Crippen molar-refractivity contribution in [3.8, 4) is 0 Å². The van der Waals surface area contributed by atoms with Crippen molar-refractivity contribution in [1.29, 1.82) is 0 Å². The van der Waals surface area contributed by atoms with Gasteiger partial charge in [0, 0.05) is 6.42 Å². The smallest absolute Gasteiger partial charge is 0.296 e. The summed E-state index contributed by atoms with van der Waals surface area (Å²) in [5, 5.41) is 3.62. The Morgan fingerprint density at radius 2 is 2.12 bits per heavy atom. The molecule has 1 rings (SSSR count). The van der Waals surface area contributed by atoms with E-state index in [1.54, 1.807) is 19.1 Å². The largest absolute Gasteiger partial charge is 0.452 e. The van der Waals surface area contributed by atoms with Crippen LogP contribution in [0.25, 0.3) is 0 Å². The van der Waals surface area contributed by atoms with Crippen LogP contribution in [0.5, 0.6) is 0 Å². The van der Waals surface area contributed by atoms with Gasteiger partial charge in [0.05, 0.1) is 5.69 Å². The summed E-state index contributed by atoms with van der Waals surface area (Å²) >= 11 is 5.55. The maximum absolute atomic E-state index is 11.1. The second-order valence-electron chi connectivity index (χ2n) is 2.82. The van der Waals surface area contributed by atoms with Gasteiger partial charge >= 0.3 is 6.09 Å². The van der Waals surface area contributed by atoms with Gasteiger partial charge in [-0.25, -0.2) is 10.2 Å². The fraction of sp³-hybridized carbons (Fsp3) is 0.200. The number of carbonyl (C=O) groups is 1. The molecular weight excluding hydrogens is 230 g/mol. The lowest BCUT2D eigenvalue weighted by Gasteiger charge is -2.05. The molecule has 0 aliphatic rings. The lowest BCUT2D eigenvalue weighted by atomic mass is 10.3. The number of nitrogens with one attached hydrogen (secondary N) is 2. The lowest BCUT2D eigenvalue weighted by molar-refractivity contribution is 0.153. The fourth-order valence-electron chi connectivity index (χ4n) is 0.823. The number of hydrazine groups is 1. The number of halogens is 1. The Labute approximate surface area is 98.4 Å². The highest BCUT2D eigenvalue weighted by Crippen LogP contribution is 2.02. The molecule has 2 N–H and O–H groups in total. The number of hydrogen-bond acceptors (Lipinski definition) is 4. The molecule has 0 saturated carbocycles. The Bertz CT molecular complexity index is 368. The molecule has 0 aliphatic heterocycles. The average Bonchev–Trinajstić information content (AvgIpc) is 2.34. The first-order valence-corrected chi connectivity index (χ1v) is 5.10. The molecule has 0 radical (unpaired) electrons. The summed E-state index contributed by atoms with van der Waals surface area (Å²) in [6.45, 7) is 1.80. The zero-order valence-corrected chi connectivity index (χ0v) is 9.49. The Balaban J connectivity index is 2.31. The number of oxime groups is 1. The molecule has 1 aromatic carbocycles. The molecule has 0 saturated heterocycles. The molecule has 86 valence electrons. The van der Waals surface area contributed by atoms with E-state index in [4.69, 9.17) is 11.6 Å². The number of anilines is 1. The SMILES string of the molecule is CC/C(Cl)=N/OC(=O)NNc1ccccc1. The molecule has 0 aromatic heterocycles. The zero-order valence-electron chi connectivity index (χ0n) is 8.74. The maximum Gasteiger partial charge on any atom is 0.452 e. The summed E-state index contributed by atoms with van der Waals surface area (Å²) in [5.41, 5.74) is 5.69. The van der Waals surface area contributed by atoms with Crippen molar-refractivity contribution in [1.82, 2.24) is 5.43 Å². The highest BCUT2D eigenvalue weighted by atomic mass is 35.5. The molecule has 0 spiro atoms. The van der Waals surface area contributed by atoms with Crippen molar-refractivity contribution in [3.63, 3.8) is 0 Å². The molecule has 6 heteroatoms. The normalized spacial score (nSPS) is 10.8. The van der Waals surface area contributed by atoms with Gasteiger partial charge in [-0.2, -0.15) is 0 Å². The molecule has 0 aliphatic carbocycles. The van der Waals surface area contributed by atoms with E-state index in [0.717, 1.165) is 5.69 Å². The monoisotopic (exact) mass is 241 g/mol. The van der Waals surface area contributed by atoms with Gasteiger partial charge in [-0.05, 0) is 12.1 Å². The highest BCUT2D eigenvalue weighted by molar-refractivity contribution is 6.65. The van der Waals surface area contributed by atoms with E-state index in [1.165, 1.54) is 0 Å². The summed E-state index contributed by atoms with van der Waals surface area (Å²) in [7, 11) is 0. The van der Waals surface area contributed by atoms with Crippen LogP contribution in [0.15, 0.2) is 35.5 Å². The van der Waals surface area contributed by atoms with Gasteiger partial charge in [-0.1, -0.05) is 41.9 Å². The average molecular weight is 242 g/mol. The molecular formula is C10H12ClN3O2. The quantitative estimate of drug-likeness (QED) is 0.484. The molecule has 0 bridgehead atoms. The number of hydrogen-bond donors (Lipinski definition) is 2. The summed E-state index contributed by atoms with van der Waals surface area (Å²) in [6.07, 6.45) is -0.212. The first-order chi connectivity index (χ1) is 7.72. The molecule has 1 amide bonds. The number of benzene rings is 1. The number of amides is 1. The molecule has 0 fully saturated rings. The number of carbonyl (C=O) groups excluding carboxylic acids is 1. The third-order valence-electron chi connectivity index (χ3n) is 1.60. The Kier molecular flexibility index (Phi) is 5.15. The Hall–Kier alpha value is -1.75. The number of para-hydroxylation sites is 1. The third kappa shape index (κ3) is 4.65. The van der Waals surface area contributed by atoms with E-state index in [9.17, 15) is 4.79 Å². The van der Waals surface area contributed by atoms with Crippen LogP contribution in [-0.2, 0) is 4.84 Å². The maximum atomic E-state index is 11.1. The minimum atomic E-state index is -0.726. The van der Waals surface area contributed by atoms with Crippen LogP contribution < -0.4 is 10.9 Å². The van der Waals surface area contributed by atoms with Crippen LogP contribution in [0.4, 0.5) is 10.5 Å². The van der Waals surface area contributed by atoms with Crippen molar-refractivity contribution in [2.75, 3.05) is 5.43 Å². The van der Waals surface area contributed by atoms with Crippen LogP contribution in [0.2, 0.25) is 0 Å². The van der Waals surface area contributed by atoms with E-state index >= 15 is 0 Å². The van der Waals surface area contributed by atoms with Crippen LogP contribution >= 0.6 is 11.6 Å². The van der Waals surface area contributed by atoms with Crippen LogP contribution in [0, 0.1) is 0 Å². The second kappa shape index (κ2) is 6.68. The zero-order chi connectivity index (χ0) is 11.8. The number of nitrogens with zero attached hydrogens (tertiary/aromatic N) is 1. The minimum absolute atomic E-state index is 0.231. The van der Waals surface area contributed by atoms with Crippen molar-refractivity contribution < 1.29 is 9.63 Å². The molecule has 0 unspecified atom stereocenters. The second-order valence-corrected chi connectivity index (χ2v) is 3.25. The standard InChI is InChI=1S/C10H12ClN3O2/c1-2-9(11)14-16-10(15)13-12-8-6-4-3-5-7-8/h3-7,12H,2H2,1H3,(H,13,15)/b14-9-. The van der Waals surface area contributed by atoms with Gasteiger partial charge in [-0.15, -0.1) is 0 Å². The predicted molar refractivity (Wildman–Crippen MR) is 63.3 cm³/mol. The summed E-state index contributed by atoms with van der Waals surface area (Å²) < 4.78 is 0. The molecule has 1 aromatic rings. The van der Waals surface area contributed by atoms with Crippen molar-refractivity contribution in [2.24, 2.45) is 5.16 Å². The third-order valence-corrected chi connectivity index (χ3v) is 1.94. The molecule has 0 atom stereocenters. The fourth-order valence-corrected chi connectivity index (χ4v) is 0.858. The summed E-state index contributed by atoms with van der Waals surface area (Å²) in [4.78, 5) is 15.5. The summed E-state index contributed by atoms with van der Waals surface area (Å²) in [5.74, 6) is 0. The molecule has 5 nitrogen and oxygen atoms in total. The van der Waals surface area contributed by atoms with Gasteiger partial charge in [-0.3, -0.25) is 10.3 Å². The highest BCUT2D eigenvalue weighted by Gasteiger charge is 2.00. The van der Waals surface area contributed by atoms with Gasteiger partial charge in [0.15, 0.2) is 0 Å². The van der Waals surface area contributed by atoms with Crippen molar-refractivity contribution in [3.05, 3.63) is 30.3 Å². The van der Waals surface area contributed by atoms with Gasteiger partial charge in [0.1, 0.15) is 5.17 Å². The van der Waals surface area contributed by atoms with Gasteiger partial charge in [0.25, 0.3) is 0 Å².